The molecule has 0 unspecified atom stereocenters. The van der Waals surface area contributed by atoms with E-state index in [9.17, 15) is 4.79 Å². The molecule has 0 atom stereocenters. The second kappa shape index (κ2) is 2.01. The van der Waals surface area contributed by atoms with Gasteiger partial charge in [0.25, 0.3) is 5.56 Å². The third-order valence-corrected chi connectivity index (χ3v) is 1.09. The summed E-state index contributed by atoms with van der Waals surface area (Å²) in [6.45, 7) is 1.85. The minimum Gasteiger partial charge on any atom is -0.268 e. The molecule has 0 N–H and O–H groups in total. The van der Waals surface area contributed by atoms with Crippen LogP contribution in [0.2, 0.25) is 0 Å². The predicted molar refractivity (Wildman–Crippen MR) is 34.2 cm³/mol. The molecule has 0 aliphatic heterocycles. The molecule has 0 saturated heterocycles. The molecule has 0 aromatic carbocycles. The smallest absolute Gasteiger partial charge is 0.266 e. The third kappa shape index (κ3) is 1.16. The maximum absolute atomic E-state index is 10.7. The van der Waals surface area contributed by atoms with Crippen LogP contribution in [0, 0.1) is 6.92 Å². The molecule has 0 fully saturated rings. The fourth-order valence-electron chi connectivity index (χ4n) is 0.619. The van der Waals surface area contributed by atoms with Gasteiger partial charge in [-0.1, -0.05) is 0 Å². The van der Waals surface area contributed by atoms with Crippen LogP contribution in [0.1, 0.15) is 5.69 Å². The van der Waals surface area contributed by atoms with Crippen molar-refractivity contribution in [3.8, 4) is 0 Å². The molecule has 1 aromatic rings. The average Bonchev–Trinajstić information content (AvgIpc) is 1.80. The van der Waals surface area contributed by atoms with Gasteiger partial charge in [-0.3, -0.25) is 4.79 Å². The molecule has 9 heavy (non-hydrogen) atoms. The van der Waals surface area contributed by atoms with Crippen molar-refractivity contribution in [2.75, 3.05) is 0 Å². The van der Waals surface area contributed by atoms with Crippen LogP contribution in [-0.2, 0) is 7.05 Å². The average molecular weight is 124 g/mol. The third-order valence-electron chi connectivity index (χ3n) is 1.09. The quantitative estimate of drug-likeness (QED) is 0.491. The van der Waals surface area contributed by atoms with Crippen molar-refractivity contribution >= 4 is 0 Å². The first-order valence-corrected chi connectivity index (χ1v) is 2.71. The summed E-state index contributed by atoms with van der Waals surface area (Å²) < 4.78 is 1.31. The minimum atomic E-state index is -0.0689. The lowest BCUT2D eigenvalue weighted by atomic mass is 10.4. The maximum Gasteiger partial charge on any atom is 0.266 e. The van der Waals surface area contributed by atoms with Crippen LogP contribution in [0.25, 0.3) is 0 Å². The highest BCUT2D eigenvalue weighted by Gasteiger charge is 1.87. The van der Waals surface area contributed by atoms with E-state index < -0.39 is 0 Å². The summed E-state index contributed by atoms with van der Waals surface area (Å²) in [7, 11) is 1.63. The Bertz CT molecular complexity index is 264. The number of aromatic nitrogens is 2. The molecule has 3 nitrogen and oxygen atoms in total. The Hall–Kier alpha value is -1.12. The van der Waals surface area contributed by atoms with Crippen LogP contribution < -0.4 is 5.56 Å². The summed E-state index contributed by atoms with van der Waals surface area (Å²) >= 11 is 0. The van der Waals surface area contributed by atoms with Crippen molar-refractivity contribution < 1.29 is 0 Å². The first-order valence-electron chi connectivity index (χ1n) is 2.71. The fourth-order valence-corrected chi connectivity index (χ4v) is 0.619. The lowest BCUT2D eigenvalue weighted by molar-refractivity contribution is 0.692. The molecule has 1 aromatic heterocycles. The van der Waals surface area contributed by atoms with Crippen molar-refractivity contribution in [1.82, 2.24) is 9.78 Å². The molecule has 0 saturated carbocycles. The van der Waals surface area contributed by atoms with Gasteiger partial charge in [-0.25, -0.2) is 4.68 Å². The van der Waals surface area contributed by atoms with Crippen molar-refractivity contribution in [2.45, 2.75) is 6.92 Å². The SMILES string of the molecule is Cc1ccc(=O)n(C)n1. The zero-order chi connectivity index (χ0) is 6.85. The Morgan fingerprint density at radius 2 is 2.22 bits per heavy atom. The van der Waals surface area contributed by atoms with E-state index in [1.807, 2.05) is 6.92 Å². The number of hydrogen-bond donors (Lipinski definition) is 0. The number of hydrogen-bond acceptors (Lipinski definition) is 2. The molecule has 0 bridgehead atoms. The van der Waals surface area contributed by atoms with E-state index >= 15 is 0 Å². The number of rotatable bonds is 0. The lowest BCUT2D eigenvalue weighted by Gasteiger charge is -1.93. The van der Waals surface area contributed by atoms with Gasteiger partial charge in [0.1, 0.15) is 0 Å². The Balaban J connectivity index is 3.34. The van der Waals surface area contributed by atoms with Crippen molar-refractivity contribution in [2.24, 2.45) is 7.05 Å². The van der Waals surface area contributed by atoms with Crippen LogP contribution in [-0.4, -0.2) is 9.78 Å². The number of nitrogens with zero attached hydrogens (tertiary/aromatic N) is 2. The van der Waals surface area contributed by atoms with Gasteiger partial charge in [-0.2, -0.15) is 5.10 Å². The Kier molecular flexibility index (Phi) is 1.34. The summed E-state index contributed by atoms with van der Waals surface area (Å²) in [5, 5.41) is 3.88. The summed E-state index contributed by atoms with van der Waals surface area (Å²) in [5.41, 5.74) is 0.790. The van der Waals surface area contributed by atoms with Crippen LogP contribution in [0.5, 0.6) is 0 Å². The van der Waals surface area contributed by atoms with Gasteiger partial charge in [-0.15, -0.1) is 0 Å². The summed E-state index contributed by atoms with van der Waals surface area (Å²) in [6.07, 6.45) is 0. The van der Waals surface area contributed by atoms with Crippen LogP contribution in [0.4, 0.5) is 0 Å². The standard InChI is InChI=1S/C6H8N2O/c1-5-3-4-6(9)8(2)7-5/h3-4H,1-2H3. The first-order chi connectivity index (χ1) is 4.20. The highest BCUT2D eigenvalue weighted by Crippen LogP contribution is 1.81. The van der Waals surface area contributed by atoms with Gasteiger partial charge in [0.2, 0.25) is 0 Å². The molecule has 0 radical (unpaired) electrons. The lowest BCUT2D eigenvalue weighted by Crippen LogP contribution is -2.18. The molecular weight excluding hydrogens is 116 g/mol. The van der Waals surface area contributed by atoms with Gasteiger partial charge >= 0.3 is 0 Å². The van der Waals surface area contributed by atoms with Gasteiger partial charge < -0.3 is 0 Å². The van der Waals surface area contributed by atoms with E-state index in [1.54, 1.807) is 13.1 Å². The summed E-state index contributed by atoms with van der Waals surface area (Å²) in [5.74, 6) is 0. The Morgan fingerprint density at radius 3 is 2.67 bits per heavy atom. The zero-order valence-electron chi connectivity index (χ0n) is 5.46. The summed E-state index contributed by atoms with van der Waals surface area (Å²) in [6, 6.07) is 3.20. The number of aryl methyl sites for hydroxylation is 2. The maximum atomic E-state index is 10.7. The van der Waals surface area contributed by atoms with E-state index in [0.29, 0.717) is 0 Å². The molecule has 48 valence electrons. The van der Waals surface area contributed by atoms with E-state index in [2.05, 4.69) is 5.10 Å². The van der Waals surface area contributed by atoms with Gasteiger partial charge in [0, 0.05) is 13.1 Å². The highest BCUT2D eigenvalue weighted by molar-refractivity contribution is 4.96. The van der Waals surface area contributed by atoms with Crippen LogP contribution in [0.15, 0.2) is 16.9 Å². The van der Waals surface area contributed by atoms with Crippen molar-refractivity contribution in [3.05, 3.63) is 28.2 Å². The van der Waals surface area contributed by atoms with Crippen molar-refractivity contribution in [3.63, 3.8) is 0 Å². The largest absolute Gasteiger partial charge is 0.268 e. The molecule has 1 rings (SSSR count). The van der Waals surface area contributed by atoms with Crippen LogP contribution in [0.3, 0.4) is 0 Å². The van der Waals surface area contributed by atoms with Crippen LogP contribution >= 0.6 is 0 Å². The van der Waals surface area contributed by atoms with E-state index in [-0.39, 0.29) is 5.56 Å². The second-order valence-electron chi connectivity index (χ2n) is 1.94. The first kappa shape index (κ1) is 6.01. The monoisotopic (exact) mass is 124 g/mol. The summed E-state index contributed by atoms with van der Waals surface area (Å²) in [4.78, 5) is 10.7. The fraction of sp³-hybridized carbons (Fsp3) is 0.333. The molecular formula is C6H8N2O. The van der Waals surface area contributed by atoms with Gasteiger partial charge in [0.15, 0.2) is 0 Å². The van der Waals surface area contributed by atoms with E-state index in [1.165, 1.54) is 10.7 Å². The topological polar surface area (TPSA) is 34.9 Å². The van der Waals surface area contributed by atoms with Gasteiger partial charge in [-0.05, 0) is 13.0 Å². The molecule has 1 heterocycles. The normalized spacial score (nSPS) is 9.56. The zero-order valence-corrected chi connectivity index (χ0v) is 5.46. The molecule has 0 spiro atoms. The Labute approximate surface area is 52.9 Å². The minimum absolute atomic E-state index is 0.0689. The van der Waals surface area contributed by atoms with E-state index in [4.69, 9.17) is 0 Å². The van der Waals surface area contributed by atoms with Gasteiger partial charge in [0.05, 0.1) is 5.69 Å². The van der Waals surface area contributed by atoms with E-state index in [0.717, 1.165) is 5.69 Å². The molecule has 0 amide bonds. The van der Waals surface area contributed by atoms with Crippen molar-refractivity contribution in [1.29, 1.82) is 0 Å². The highest BCUT2D eigenvalue weighted by atomic mass is 16.1. The predicted octanol–water partition coefficient (Wildman–Crippen LogP) is 0.0887. The Morgan fingerprint density at radius 1 is 1.56 bits per heavy atom. The second-order valence-corrected chi connectivity index (χ2v) is 1.94. The molecule has 0 aliphatic rings. The molecule has 3 heteroatoms. The molecule has 0 aliphatic carbocycles.